The third kappa shape index (κ3) is 4.21. The van der Waals surface area contributed by atoms with Gasteiger partial charge in [-0.3, -0.25) is 4.79 Å². The summed E-state index contributed by atoms with van der Waals surface area (Å²) in [6.07, 6.45) is 4.49. The maximum Gasteiger partial charge on any atom is 0.222 e. The standard InChI is InChI=1S/C17H26N2O2/c1-2-13(7-9-18)3-6-17(21)19-10-8-14-4-5-16(20)11-15(14)12-19/h4-5,11,13,20H,2-3,6-10,12,18H2,1H3. The highest BCUT2D eigenvalue weighted by Gasteiger charge is 2.21. The van der Waals surface area contributed by atoms with E-state index in [9.17, 15) is 9.90 Å². The first kappa shape index (κ1) is 15.8. The first-order chi connectivity index (χ1) is 10.1. The Morgan fingerprint density at radius 3 is 2.90 bits per heavy atom. The zero-order valence-corrected chi connectivity index (χ0v) is 12.8. The van der Waals surface area contributed by atoms with E-state index in [4.69, 9.17) is 5.73 Å². The van der Waals surface area contributed by atoms with Crippen LogP contribution in [0.5, 0.6) is 5.75 Å². The maximum atomic E-state index is 12.3. The number of fused-ring (bicyclic) bond motifs is 1. The average Bonchev–Trinajstić information content (AvgIpc) is 2.50. The van der Waals surface area contributed by atoms with Crippen molar-refractivity contribution in [3.05, 3.63) is 29.3 Å². The highest BCUT2D eigenvalue weighted by Crippen LogP contribution is 2.24. The topological polar surface area (TPSA) is 66.6 Å². The van der Waals surface area contributed by atoms with E-state index < -0.39 is 0 Å². The van der Waals surface area contributed by atoms with Crippen molar-refractivity contribution in [2.45, 2.75) is 45.6 Å². The van der Waals surface area contributed by atoms with Crippen molar-refractivity contribution in [2.75, 3.05) is 13.1 Å². The number of carbonyl (C=O) groups is 1. The third-order valence-electron chi connectivity index (χ3n) is 4.47. The van der Waals surface area contributed by atoms with E-state index in [1.807, 2.05) is 11.0 Å². The number of carbonyl (C=O) groups excluding carboxylic acids is 1. The second-order valence-corrected chi connectivity index (χ2v) is 5.91. The molecule has 1 aromatic carbocycles. The van der Waals surface area contributed by atoms with Crippen LogP contribution in [0.1, 0.15) is 43.7 Å². The average molecular weight is 290 g/mol. The van der Waals surface area contributed by atoms with Gasteiger partial charge < -0.3 is 15.7 Å². The van der Waals surface area contributed by atoms with Crippen LogP contribution in [0.15, 0.2) is 18.2 Å². The number of aromatic hydroxyl groups is 1. The van der Waals surface area contributed by atoms with Crippen molar-refractivity contribution < 1.29 is 9.90 Å². The summed E-state index contributed by atoms with van der Waals surface area (Å²) in [6, 6.07) is 5.45. The molecule has 1 atom stereocenters. The molecule has 0 aromatic heterocycles. The largest absolute Gasteiger partial charge is 0.508 e. The number of amides is 1. The molecule has 2 rings (SSSR count). The molecule has 1 aliphatic rings. The number of nitrogens with zero attached hydrogens (tertiary/aromatic N) is 1. The molecule has 21 heavy (non-hydrogen) atoms. The van der Waals surface area contributed by atoms with Gasteiger partial charge in [0.15, 0.2) is 0 Å². The maximum absolute atomic E-state index is 12.3. The van der Waals surface area contributed by atoms with Gasteiger partial charge in [-0.25, -0.2) is 0 Å². The molecule has 0 bridgehead atoms. The van der Waals surface area contributed by atoms with Gasteiger partial charge in [-0.15, -0.1) is 0 Å². The van der Waals surface area contributed by atoms with Crippen LogP contribution in [0.3, 0.4) is 0 Å². The molecule has 0 radical (unpaired) electrons. The molecule has 1 aliphatic heterocycles. The van der Waals surface area contributed by atoms with Crippen molar-refractivity contribution in [3.8, 4) is 5.75 Å². The quantitative estimate of drug-likeness (QED) is 0.845. The fourth-order valence-electron chi connectivity index (χ4n) is 3.03. The normalized spacial score (nSPS) is 15.6. The predicted molar refractivity (Wildman–Crippen MR) is 83.9 cm³/mol. The summed E-state index contributed by atoms with van der Waals surface area (Å²) in [5.41, 5.74) is 7.92. The monoisotopic (exact) mass is 290 g/mol. The van der Waals surface area contributed by atoms with Gasteiger partial charge in [0.1, 0.15) is 5.75 Å². The zero-order valence-electron chi connectivity index (χ0n) is 12.8. The Hall–Kier alpha value is -1.55. The minimum atomic E-state index is 0.222. The summed E-state index contributed by atoms with van der Waals surface area (Å²) in [7, 11) is 0. The SMILES string of the molecule is CCC(CCN)CCC(=O)N1CCc2ccc(O)cc2C1. The second-order valence-electron chi connectivity index (χ2n) is 5.91. The lowest BCUT2D eigenvalue weighted by Crippen LogP contribution is -2.36. The number of phenols is 1. The van der Waals surface area contributed by atoms with Crippen LogP contribution in [0, 0.1) is 5.92 Å². The van der Waals surface area contributed by atoms with Crippen LogP contribution in [0.2, 0.25) is 0 Å². The van der Waals surface area contributed by atoms with Crippen molar-refractivity contribution in [3.63, 3.8) is 0 Å². The van der Waals surface area contributed by atoms with Crippen LogP contribution in [-0.2, 0) is 17.8 Å². The number of phenolic OH excluding ortho intramolecular Hbond substituents is 1. The van der Waals surface area contributed by atoms with Gasteiger partial charge >= 0.3 is 0 Å². The first-order valence-electron chi connectivity index (χ1n) is 7.92. The summed E-state index contributed by atoms with van der Waals surface area (Å²) >= 11 is 0. The predicted octanol–water partition coefficient (Wildman–Crippen LogP) is 2.43. The van der Waals surface area contributed by atoms with Gasteiger partial charge in [0.25, 0.3) is 0 Å². The van der Waals surface area contributed by atoms with Gasteiger partial charge in [-0.1, -0.05) is 19.4 Å². The van der Waals surface area contributed by atoms with Gasteiger partial charge in [-0.2, -0.15) is 0 Å². The molecule has 4 heteroatoms. The number of benzene rings is 1. The van der Waals surface area contributed by atoms with Crippen LogP contribution in [0.4, 0.5) is 0 Å². The molecule has 116 valence electrons. The molecule has 1 unspecified atom stereocenters. The number of nitrogens with two attached hydrogens (primary N) is 1. The van der Waals surface area contributed by atoms with E-state index in [1.54, 1.807) is 12.1 Å². The Bertz CT molecular complexity index is 488. The Kier molecular flexibility index (Phi) is 5.62. The molecular weight excluding hydrogens is 264 g/mol. The molecule has 1 amide bonds. The van der Waals surface area contributed by atoms with Crippen LogP contribution in [-0.4, -0.2) is 29.0 Å². The molecular formula is C17H26N2O2. The van der Waals surface area contributed by atoms with E-state index >= 15 is 0 Å². The Morgan fingerprint density at radius 1 is 1.38 bits per heavy atom. The van der Waals surface area contributed by atoms with E-state index in [0.29, 0.717) is 25.4 Å². The summed E-state index contributed by atoms with van der Waals surface area (Å²) in [4.78, 5) is 14.3. The number of hydrogen-bond donors (Lipinski definition) is 2. The third-order valence-corrected chi connectivity index (χ3v) is 4.47. The first-order valence-corrected chi connectivity index (χ1v) is 7.92. The molecule has 1 heterocycles. The van der Waals surface area contributed by atoms with Crippen molar-refractivity contribution in [1.29, 1.82) is 0 Å². The van der Waals surface area contributed by atoms with Crippen LogP contribution < -0.4 is 5.73 Å². The van der Waals surface area contributed by atoms with Crippen LogP contribution in [0.25, 0.3) is 0 Å². The molecule has 0 aliphatic carbocycles. The summed E-state index contributed by atoms with van der Waals surface area (Å²) in [6.45, 7) is 4.26. The van der Waals surface area contributed by atoms with Crippen LogP contribution >= 0.6 is 0 Å². The van der Waals surface area contributed by atoms with E-state index in [1.165, 1.54) is 5.56 Å². The van der Waals surface area contributed by atoms with Crippen molar-refractivity contribution in [2.24, 2.45) is 11.7 Å². The molecule has 0 saturated heterocycles. The zero-order chi connectivity index (χ0) is 15.2. The van der Waals surface area contributed by atoms with E-state index in [-0.39, 0.29) is 11.7 Å². The highest BCUT2D eigenvalue weighted by molar-refractivity contribution is 5.76. The van der Waals surface area contributed by atoms with Gasteiger partial charge in [0.05, 0.1) is 0 Å². The van der Waals surface area contributed by atoms with E-state index in [2.05, 4.69) is 6.92 Å². The fourth-order valence-corrected chi connectivity index (χ4v) is 3.03. The smallest absolute Gasteiger partial charge is 0.222 e. The Labute approximate surface area is 126 Å². The van der Waals surface area contributed by atoms with Crippen molar-refractivity contribution >= 4 is 5.91 Å². The van der Waals surface area contributed by atoms with Gasteiger partial charge in [-0.05, 0) is 55.0 Å². The summed E-state index contributed by atoms with van der Waals surface area (Å²) < 4.78 is 0. The molecule has 4 nitrogen and oxygen atoms in total. The molecule has 0 fully saturated rings. The Balaban J connectivity index is 1.90. The second kappa shape index (κ2) is 7.46. The number of hydrogen-bond acceptors (Lipinski definition) is 3. The fraction of sp³-hybridized carbons (Fsp3) is 0.588. The molecule has 0 spiro atoms. The summed E-state index contributed by atoms with van der Waals surface area (Å²) in [5.74, 6) is 1.05. The Morgan fingerprint density at radius 2 is 2.19 bits per heavy atom. The van der Waals surface area contributed by atoms with E-state index in [0.717, 1.165) is 37.8 Å². The minimum Gasteiger partial charge on any atom is -0.508 e. The lowest BCUT2D eigenvalue weighted by molar-refractivity contribution is -0.132. The highest BCUT2D eigenvalue weighted by atomic mass is 16.3. The molecule has 3 N–H and O–H groups in total. The number of rotatable bonds is 6. The molecule has 0 saturated carbocycles. The lowest BCUT2D eigenvalue weighted by atomic mass is 9.95. The molecule has 1 aromatic rings. The lowest BCUT2D eigenvalue weighted by Gasteiger charge is -2.29. The van der Waals surface area contributed by atoms with Gasteiger partial charge in [0, 0.05) is 19.5 Å². The van der Waals surface area contributed by atoms with Gasteiger partial charge in [0.2, 0.25) is 5.91 Å². The minimum absolute atomic E-state index is 0.222. The van der Waals surface area contributed by atoms with Crippen molar-refractivity contribution in [1.82, 2.24) is 4.90 Å². The summed E-state index contributed by atoms with van der Waals surface area (Å²) in [5, 5.41) is 9.56.